The van der Waals surface area contributed by atoms with Crippen LogP contribution in [0.15, 0.2) is 21.5 Å². The molecule has 1 rings (SSSR count). The van der Waals surface area contributed by atoms with Crippen molar-refractivity contribution in [2.75, 3.05) is 25.4 Å². The molecule has 0 spiro atoms. The van der Waals surface area contributed by atoms with E-state index >= 15 is 0 Å². The number of carbonyl (C=O) groups excluding carboxylic acids is 1. The second-order valence-electron chi connectivity index (χ2n) is 4.19. The van der Waals surface area contributed by atoms with E-state index in [1.54, 1.807) is 13.8 Å². The van der Waals surface area contributed by atoms with Gasteiger partial charge in [0.25, 0.3) is 0 Å². The molecule has 0 saturated heterocycles. The third-order valence-corrected chi connectivity index (χ3v) is 4.97. The van der Waals surface area contributed by atoms with Crippen molar-refractivity contribution in [2.45, 2.75) is 18.7 Å². The first-order valence-electron chi connectivity index (χ1n) is 6.24. The molecular weight excluding hydrogens is 365 g/mol. The Bertz CT molecular complexity index is 633. The van der Waals surface area contributed by atoms with Crippen molar-refractivity contribution in [3.05, 3.63) is 22.4 Å². The molecule has 0 fully saturated rings. The Morgan fingerprint density at radius 3 is 2.48 bits per heavy atom. The molecule has 6 nitrogen and oxygen atoms in total. The van der Waals surface area contributed by atoms with Crippen LogP contribution in [0, 0.1) is 5.82 Å². The topological polar surface area (TPSA) is 92.5 Å². The van der Waals surface area contributed by atoms with E-state index in [1.165, 1.54) is 4.90 Å². The number of hydrogen-bond acceptors (Lipinski definition) is 4. The van der Waals surface area contributed by atoms with Gasteiger partial charge in [-0.2, -0.15) is 0 Å². The monoisotopic (exact) mass is 381 g/mol. The molecule has 0 heterocycles. The Morgan fingerprint density at radius 1 is 1.38 bits per heavy atom. The highest BCUT2D eigenvalue weighted by Gasteiger charge is 2.22. The molecule has 0 saturated carbocycles. The van der Waals surface area contributed by atoms with Crippen molar-refractivity contribution in [3.63, 3.8) is 0 Å². The molecular formula is C12H17BrFN3O3S. The molecule has 1 aromatic carbocycles. The molecule has 118 valence electrons. The first-order chi connectivity index (χ1) is 9.72. The highest BCUT2D eigenvalue weighted by molar-refractivity contribution is 9.10. The quantitative estimate of drug-likeness (QED) is 0.726. The van der Waals surface area contributed by atoms with E-state index in [2.05, 4.69) is 20.7 Å². The van der Waals surface area contributed by atoms with Crippen LogP contribution in [0.5, 0.6) is 0 Å². The van der Waals surface area contributed by atoms with Crippen LogP contribution >= 0.6 is 15.9 Å². The number of sulfonamides is 1. The normalized spacial score (nSPS) is 11.4. The lowest BCUT2D eigenvalue weighted by Gasteiger charge is -2.18. The summed E-state index contributed by atoms with van der Waals surface area (Å²) in [6.07, 6.45) is 0. The van der Waals surface area contributed by atoms with E-state index in [0.717, 1.165) is 12.1 Å². The maximum Gasteiger partial charge on any atom is 0.244 e. The van der Waals surface area contributed by atoms with Gasteiger partial charge < -0.3 is 10.6 Å². The molecule has 0 aromatic heterocycles. The van der Waals surface area contributed by atoms with Crippen molar-refractivity contribution >= 4 is 37.5 Å². The van der Waals surface area contributed by atoms with Crippen molar-refractivity contribution in [1.29, 1.82) is 0 Å². The number of nitrogens with zero attached hydrogens (tertiary/aromatic N) is 1. The average Bonchev–Trinajstić information content (AvgIpc) is 2.42. The van der Waals surface area contributed by atoms with E-state index in [9.17, 15) is 17.6 Å². The maximum absolute atomic E-state index is 13.7. The van der Waals surface area contributed by atoms with Gasteiger partial charge in [-0.25, -0.2) is 17.5 Å². The minimum atomic E-state index is -4.15. The minimum Gasteiger partial charge on any atom is -0.398 e. The number of nitrogens with one attached hydrogen (secondary N) is 1. The summed E-state index contributed by atoms with van der Waals surface area (Å²) in [4.78, 5) is 12.6. The summed E-state index contributed by atoms with van der Waals surface area (Å²) in [5.74, 6) is -1.33. The SMILES string of the molecule is CCN(CC)C(=O)CNS(=O)(=O)c1cc(N)c(Br)cc1F. The summed E-state index contributed by atoms with van der Waals surface area (Å²) in [5.41, 5.74) is 5.64. The number of anilines is 1. The van der Waals surface area contributed by atoms with Gasteiger partial charge in [0.1, 0.15) is 10.7 Å². The van der Waals surface area contributed by atoms with Crippen LogP contribution in [0.2, 0.25) is 0 Å². The number of hydrogen-bond donors (Lipinski definition) is 2. The fraction of sp³-hybridized carbons (Fsp3) is 0.417. The Labute approximate surface area is 131 Å². The standard InChI is InChI=1S/C12H17BrFN3O3S/c1-3-17(4-2)12(18)7-16-21(19,20)11-6-10(15)8(13)5-9(11)14/h5-6,16H,3-4,7,15H2,1-2H3. The molecule has 0 aliphatic heterocycles. The predicted octanol–water partition coefficient (Wildman–Crippen LogP) is 1.32. The predicted molar refractivity (Wildman–Crippen MR) is 81.6 cm³/mol. The smallest absolute Gasteiger partial charge is 0.244 e. The van der Waals surface area contributed by atoms with E-state index in [1.807, 2.05) is 0 Å². The van der Waals surface area contributed by atoms with Crippen molar-refractivity contribution in [3.8, 4) is 0 Å². The van der Waals surface area contributed by atoms with Crippen LogP contribution in [-0.4, -0.2) is 38.9 Å². The summed E-state index contributed by atoms with van der Waals surface area (Å²) in [6.45, 7) is 4.07. The number of halogens is 2. The number of nitrogens with two attached hydrogens (primary N) is 1. The second kappa shape index (κ2) is 7.19. The van der Waals surface area contributed by atoms with Crippen LogP contribution in [0.1, 0.15) is 13.8 Å². The first-order valence-corrected chi connectivity index (χ1v) is 8.52. The highest BCUT2D eigenvalue weighted by Crippen LogP contribution is 2.25. The third-order valence-electron chi connectivity index (χ3n) is 2.87. The largest absolute Gasteiger partial charge is 0.398 e. The van der Waals surface area contributed by atoms with Crippen LogP contribution < -0.4 is 10.5 Å². The summed E-state index contributed by atoms with van der Waals surface area (Å²) < 4.78 is 40.1. The maximum atomic E-state index is 13.7. The average molecular weight is 382 g/mol. The highest BCUT2D eigenvalue weighted by atomic mass is 79.9. The minimum absolute atomic E-state index is 0.0897. The molecule has 0 aliphatic rings. The first kappa shape index (κ1) is 17.9. The molecule has 0 atom stereocenters. The van der Waals surface area contributed by atoms with Crippen LogP contribution in [-0.2, 0) is 14.8 Å². The number of nitrogen functional groups attached to an aromatic ring is 1. The Morgan fingerprint density at radius 2 is 1.95 bits per heavy atom. The number of likely N-dealkylation sites (N-methyl/N-ethyl adjacent to an activating group) is 1. The molecule has 0 radical (unpaired) electrons. The fourth-order valence-corrected chi connectivity index (χ4v) is 3.06. The summed E-state index contributed by atoms with van der Waals surface area (Å²) in [5, 5.41) is 0. The number of rotatable bonds is 6. The number of benzene rings is 1. The molecule has 9 heteroatoms. The zero-order chi connectivity index (χ0) is 16.2. The summed E-state index contributed by atoms with van der Waals surface area (Å²) in [7, 11) is -4.15. The van der Waals surface area contributed by atoms with Gasteiger partial charge in [-0.1, -0.05) is 0 Å². The second-order valence-corrected chi connectivity index (χ2v) is 6.78. The zero-order valence-corrected chi connectivity index (χ0v) is 14.1. The number of carbonyl (C=O) groups is 1. The molecule has 1 amide bonds. The van der Waals surface area contributed by atoms with Crippen molar-refractivity contribution < 1.29 is 17.6 Å². The van der Waals surface area contributed by atoms with E-state index in [-0.39, 0.29) is 16.1 Å². The molecule has 1 aromatic rings. The van der Waals surface area contributed by atoms with Gasteiger partial charge in [-0.15, -0.1) is 0 Å². The van der Waals surface area contributed by atoms with Crippen LogP contribution in [0.3, 0.4) is 0 Å². The van der Waals surface area contributed by atoms with Gasteiger partial charge in [0.2, 0.25) is 15.9 Å². The van der Waals surface area contributed by atoms with E-state index in [4.69, 9.17) is 5.73 Å². The van der Waals surface area contributed by atoms with Crippen molar-refractivity contribution in [1.82, 2.24) is 9.62 Å². The molecule has 21 heavy (non-hydrogen) atoms. The lowest BCUT2D eigenvalue weighted by molar-refractivity contribution is -0.129. The fourth-order valence-electron chi connectivity index (χ4n) is 1.67. The zero-order valence-electron chi connectivity index (χ0n) is 11.7. The molecule has 0 bridgehead atoms. The van der Waals surface area contributed by atoms with Crippen molar-refractivity contribution in [2.24, 2.45) is 0 Å². The van der Waals surface area contributed by atoms with E-state index in [0.29, 0.717) is 13.1 Å². The Hall–Kier alpha value is -1.19. The van der Waals surface area contributed by atoms with Gasteiger partial charge in [0, 0.05) is 23.2 Å². The van der Waals surface area contributed by atoms with Crippen LogP contribution in [0.4, 0.5) is 10.1 Å². The third kappa shape index (κ3) is 4.39. The number of amides is 1. The summed E-state index contributed by atoms with van der Waals surface area (Å²) >= 11 is 3.01. The van der Waals surface area contributed by atoms with Crippen LogP contribution in [0.25, 0.3) is 0 Å². The Balaban J connectivity index is 2.93. The van der Waals surface area contributed by atoms with Gasteiger partial charge in [0.15, 0.2) is 0 Å². The van der Waals surface area contributed by atoms with Gasteiger partial charge >= 0.3 is 0 Å². The molecule has 3 N–H and O–H groups in total. The lowest BCUT2D eigenvalue weighted by Crippen LogP contribution is -2.40. The molecule has 0 aliphatic carbocycles. The summed E-state index contributed by atoms with van der Waals surface area (Å²) in [6, 6.07) is 1.97. The van der Waals surface area contributed by atoms with Gasteiger partial charge in [0.05, 0.1) is 6.54 Å². The Kier molecular flexibility index (Phi) is 6.11. The van der Waals surface area contributed by atoms with Gasteiger partial charge in [-0.3, -0.25) is 4.79 Å². The molecule has 0 unspecified atom stereocenters. The van der Waals surface area contributed by atoms with Gasteiger partial charge in [-0.05, 0) is 41.9 Å². The lowest BCUT2D eigenvalue weighted by atomic mass is 10.3. The van der Waals surface area contributed by atoms with E-state index < -0.39 is 27.3 Å².